The van der Waals surface area contributed by atoms with E-state index in [1.54, 1.807) is 12.1 Å². The first kappa shape index (κ1) is 9.99. The van der Waals surface area contributed by atoms with E-state index in [1.165, 1.54) is 6.92 Å². The van der Waals surface area contributed by atoms with E-state index in [4.69, 9.17) is 9.52 Å². The first-order valence-electron chi connectivity index (χ1n) is 4.34. The molecule has 1 heterocycles. The van der Waals surface area contributed by atoms with E-state index in [2.05, 4.69) is 0 Å². The molecule has 0 spiro atoms. The summed E-state index contributed by atoms with van der Waals surface area (Å²) in [5, 5.41) is 9.01. The van der Waals surface area contributed by atoms with E-state index in [9.17, 15) is 4.79 Å². The normalized spacial score (nSPS) is 13.3. The van der Waals surface area contributed by atoms with Gasteiger partial charge in [-0.1, -0.05) is 13.8 Å². The highest BCUT2D eigenvalue weighted by Crippen LogP contribution is 2.18. The van der Waals surface area contributed by atoms with Gasteiger partial charge < -0.3 is 9.52 Å². The number of ketones is 1. The molecule has 1 N–H and O–H groups in total. The fourth-order valence-corrected chi connectivity index (χ4v) is 1.00. The van der Waals surface area contributed by atoms with Crippen LogP contribution in [0.4, 0.5) is 0 Å². The average molecular weight is 182 g/mol. The van der Waals surface area contributed by atoms with Crippen LogP contribution in [0.2, 0.25) is 0 Å². The Morgan fingerprint density at radius 2 is 2.00 bits per heavy atom. The lowest BCUT2D eigenvalue weighted by Gasteiger charge is -2.00. The topological polar surface area (TPSA) is 50.4 Å². The Hall–Kier alpha value is -1.09. The highest BCUT2D eigenvalue weighted by Gasteiger charge is 2.16. The summed E-state index contributed by atoms with van der Waals surface area (Å²) in [4.78, 5) is 11.2. The number of hydrogen-bond acceptors (Lipinski definition) is 3. The molecule has 1 aromatic rings. The highest BCUT2D eigenvalue weighted by molar-refractivity contribution is 5.96. The standard InChI is InChI=1S/C10H14O3/c1-6(2)8-4-5-9(13-8)10(12)7(3)11/h4-7,11H,1-3H3/t7-/m0/s1. The molecular weight excluding hydrogens is 168 g/mol. The summed E-state index contributed by atoms with van der Waals surface area (Å²) in [5.41, 5.74) is 0. The van der Waals surface area contributed by atoms with E-state index < -0.39 is 6.10 Å². The molecular formula is C10H14O3. The first-order chi connectivity index (χ1) is 6.02. The van der Waals surface area contributed by atoms with E-state index in [-0.39, 0.29) is 17.5 Å². The molecule has 0 aromatic carbocycles. The van der Waals surface area contributed by atoms with E-state index in [0.717, 1.165) is 5.76 Å². The molecule has 3 nitrogen and oxygen atoms in total. The lowest BCUT2D eigenvalue weighted by atomic mass is 10.2. The van der Waals surface area contributed by atoms with Gasteiger partial charge in [-0.2, -0.15) is 0 Å². The van der Waals surface area contributed by atoms with Crippen molar-refractivity contribution < 1.29 is 14.3 Å². The fraction of sp³-hybridized carbons (Fsp3) is 0.500. The largest absolute Gasteiger partial charge is 0.458 e. The van der Waals surface area contributed by atoms with Crippen molar-refractivity contribution in [3.63, 3.8) is 0 Å². The number of hydrogen-bond donors (Lipinski definition) is 1. The molecule has 0 aliphatic rings. The quantitative estimate of drug-likeness (QED) is 0.727. The third-order valence-corrected chi connectivity index (χ3v) is 1.82. The third-order valence-electron chi connectivity index (χ3n) is 1.82. The average Bonchev–Trinajstić information content (AvgIpc) is 2.50. The summed E-state index contributed by atoms with van der Waals surface area (Å²) in [6, 6.07) is 3.37. The Bertz CT molecular complexity index is 297. The zero-order valence-corrected chi connectivity index (χ0v) is 8.07. The second-order valence-electron chi connectivity index (χ2n) is 3.40. The Morgan fingerprint density at radius 1 is 1.38 bits per heavy atom. The summed E-state index contributed by atoms with van der Waals surface area (Å²) in [6.45, 7) is 5.39. The number of carbonyl (C=O) groups is 1. The Labute approximate surface area is 77.4 Å². The maximum Gasteiger partial charge on any atom is 0.226 e. The van der Waals surface area contributed by atoms with Crippen LogP contribution in [0.25, 0.3) is 0 Å². The van der Waals surface area contributed by atoms with Gasteiger partial charge in [-0.15, -0.1) is 0 Å². The van der Waals surface area contributed by atoms with Gasteiger partial charge in [-0.25, -0.2) is 0 Å². The number of rotatable bonds is 3. The zero-order chi connectivity index (χ0) is 10.0. The van der Waals surface area contributed by atoms with Crippen molar-refractivity contribution in [2.24, 2.45) is 0 Å². The summed E-state index contributed by atoms with van der Waals surface area (Å²) < 4.78 is 5.26. The second-order valence-corrected chi connectivity index (χ2v) is 3.40. The minimum atomic E-state index is -0.994. The summed E-state index contributed by atoms with van der Waals surface area (Å²) in [7, 11) is 0. The maximum absolute atomic E-state index is 11.2. The van der Waals surface area contributed by atoms with Gasteiger partial charge in [0.15, 0.2) is 5.76 Å². The Morgan fingerprint density at radius 3 is 2.38 bits per heavy atom. The van der Waals surface area contributed by atoms with Gasteiger partial charge in [0.05, 0.1) is 0 Å². The summed E-state index contributed by atoms with van der Waals surface area (Å²) in [5.74, 6) is 0.894. The van der Waals surface area contributed by atoms with Crippen LogP contribution < -0.4 is 0 Å². The lowest BCUT2D eigenvalue weighted by Crippen LogP contribution is -2.15. The molecule has 0 fully saturated rings. The van der Waals surface area contributed by atoms with Gasteiger partial charge >= 0.3 is 0 Å². The minimum absolute atomic E-state index is 0.235. The van der Waals surface area contributed by atoms with Gasteiger partial charge in [0.1, 0.15) is 11.9 Å². The van der Waals surface area contributed by atoms with Gasteiger partial charge in [0.2, 0.25) is 5.78 Å². The summed E-state index contributed by atoms with van der Waals surface area (Å²) in [6.07, 6.45) is -0.994. The first-order valence-corrected chi connectivity index (χ1v) is 4.34. The molecule has 0 aliphatic heterocycles. The van der Waals surface area contributed by atoms with Gasteiger partial charge in [0.25, 0.3) is 0 Å². The van der Waals surface area contributed by atoms with Gasteiger partial charge in [-0.3, -0.25) is 4.79 Å². The van der Waals surface area contributed by atoms with Crippen LogP contribution in [0.1, 0.15) is 43.0 Å². The molecule has 0 saturated heterocycles. The van der Waals surface area contributed by atoms with Crippen LogP contribution in [0.15, 0.2) is 16.5 Å². The van der Waals surface area contributed by atoms with Crippen molar-refractivity contribution >= 4 is 5.78 Å². The molecule has 1 atom stereocenters. The zero-order valence-electron chi connectivity index (χ0n) is 8.07. The van der Waals surface area contributed by atoms with Crippen LogP contribution in [0.3, 0.4) is 0 Å². The van der Waals surface area contributed by atoms with Crippen molar-refractivity contribution in [2.75, 3.05) is 0 Å². The van der Waals surface area contributed by atoms with Crippen molar-refractivity contribution in [3.8, 4) is 0 Å². The van der Waals surface area contributed by atoms with Crippen molar-refractivity contribution in [3.05, 3.63) is 23.7 Å². The molecule has 1 aromatic heterocycles. The maximum atomic E-state index is 11.2. The number of Topliss-reactive ketones (excluding diaryl/α,β-unsaturated/α-hetero) is 1. The van der Waals surface area contributed by atoms with E-state index in [1.807, 2.05) is 13.8 Å². The molecule has 0 amide bonds. The lowest BCUT2D eigenvalue weighted by molar-refractivity contribution is 0.0748. The van der Waals surface area contributed by atoms with Crippen LogP contribution in [0, 0.1) is 0 Å². The molecule has 0 radical (unpaired) electrons. The third kappa shape index (κ3) is 2.18. The molecule has 1 rings (SSSR count). The molecule has 3 heteroatoms. The Balaban J connectivity index is 2.86. The molecule has 0 bridgehead atoms. The summed E-state index contributed by atoms with van der Waals surface area (Å²) >= 11 is 0. The minimum Gasteiger partial charge on any atom is -0.458 e. The van der Waals surface area contributed by atoms with Crippen molar-refractivity contribution in [1.29, 1.82) is 0 Å². The molecule has 13 heavy (non-hydrogen) atoms. The predicted molar refractivity (Wildman–Crippen MR) is 48.8 cm³/mol. The van der Waals surface area contributed by atoms with Crippen molar-refractivity contribution in [2.45, 2.75) is 32.8 Å². The van der Waals surface area contributed by atoms with Crippen LogP contribution in [0.5, 0.6) is 0 Å². The van der Waals surface area contributed by atoms with Crippen LogP contribution in [-0.4, -0.2) is 17.0 Å². The highest BCUT2D eigenvalue weighted by atomic mass is 16.4. The van der Waals surface area contributed by atoms with Crippen LogP contribution in [-0.2, 0) is 0 Å². The number of furan rings is 1. The number of aliphatic hydroxyl groups excluding tert-OH is 1. The molecule has 0 unspecified atom stereocenters. The second kappa shape index (κ2) is 3.75. The Kier molecular flexibility index (Phi) is 2.88. The fourth-order valence-electron chi connectivity index (χ4n) is 1.00. The van der Waals surface area contributed by atoms with Gasteiger partial charge in [0, 0.05) is 5.92 Å². The van der Waals surface area contributed by atoms with Crippen LogP contribution >= 0.6 is 0 Å². The molecule has 72 valence electrons. The molecule has 0 aliphatic carbocycles. The van der Waals surface area contributed by atoms with E-state index >= 15 is 0 Å². The SMILES string of the molecule is CC(C)c1ccc(C(=O)[C@H](C)O)o1. The van der Waals surface area contributed by atoms with Crippen molar-refractivity contribution in [1.82, 2.24) is 0 Å². The number of aliphatic hydroxyl groups is 1. The van der Waals surface area contributed by atoms with Gasteiger partial charge in [-0.05, 0) is 19.1 Å². The monoisotopic (exact) mass is 182 g/mol. The predicted octanol–water partition coefficient (Wildman–Crippen LogP) is 1.97. The number of carbonyl (C=O) groups excluding carboxylic acids is 1. The molecule has 0 saturated carbocycles. The smallest absolute Gasteiger partial charge is 0.226 e. The van der Waals surface area contributed by atoms with E-state index in [0.29, 0.717) is 0 Å².